The lowest BCUT2D eigenvalue weighted by molar-refractivity contribution is 0.145. The van der Waals surface area contributed by atoms with Gasteiger partial charge in [-0.05, 0) is 103 Å². The molecule has 2 nitrogen and oxygen atoms in total. The van der Waals surface area contributed by atoms with E-state index in [9.17, 15) is 0 Å². The molecule has 0 radical (unpaired) electrons. The predicted octanol–water partition coefficient (Wildman–Crippen LogP) is 11.2. The van der Waals surface area contributed by atoms with Gasteiger partial charge in [-0.3, -0.25) is 0 Å². The molecule has 2 saturated carbocycles. The number of rotatable bonds is 13. The monoisotopic (exact) mass is 574 g/mol. The average molecular weight is 575 g/mol. The summed E-state index contributed by atoms with van der Waals surface area (Å²) in [6, 6.07) is 21.1. The van der Waals surface area contributed by atoms with Crippen molar-refractivity contribution in [3.8, 4) is 0 Å². The van der Waals surface area contributed by atoms with E-state index < -0.39 is 0 Å². The molecule has 0 amide bonds. The van der Waals surface area contributed by atoms with Gasteiger partial charge in [0.05, 0.1) is 0 Å². The van der Waals surface area contributed by atoms with Crippen LogP contribution in [0.3, 0.4) is 0 Å². The van der Waals surface area contributed by atoms with Crippen molar-refractivity contribution in [3.05, 3.63) is 77.6 Å². The highest BCUT2D eigenvalue weighted by Crippen LogP contribution is 2.45. The standard InChI is InChI=1S/C37H55BO2S/c1-27(2)35-19-17-29(5)21-32(35)23-38(24-33-22-30(6)18-20-36(33)28(3)4)40-37(41-34-15-11-8-12-16-34)26-39-25-31-13-9-7-10-14-31/h7-16,26-30,32-33,35-36H,17-25H2,1-6H3/b37-26-/t29-,30-,32-,33-,35+,36+/m1/s1. The zero-order valence-electron chi connectivity index (χ0n) is 26.6. The quantitative estimate of drug-likeness (QED) is 0.135. The Hall–Kier alpha value is -1.81. The molecule has 0 bridgehead atoms. The van der Waals surface area contributed by atoms with Crippen molar-refractivity contribution >= 4 is 18.7 Å². The number of hydrogen-bond acceptors (Lipinski definition) is 3. The summed E-state index contributed by atoms with van der Waals surface area (Å²) in [6.07, 6.45) is 12.4. The van der Waals surface area contributed by atoms with Crippen LogP contribution in [0.25, 0.3) is 0 Å². The Balaban J connectivity index is 1.58. The van der Waals surface area contributed by atoms with Crippen LogP contribution in [0.15, 0.2) is 76.9 Å². The summed E-state index contributed by atoms with van der Waals surface area (Å²) in [6.45, 7) is 15.5. The van der Waals surface area contributed by atoms with Crippen molar-refractivity contribution in [3.63, 3.8) is 0 Å². The molecule has 2 aliphatic rings. The largest absolute Gasteiger partial charge is 0.554 e. The molecule has 6 atom stereocenters. The van der Waals surface area contributed by atoms with Gasteiger partial charge in [0, 0.05) is 4.90 Å². The number of ether oxygens (including phenoxy) is 1. The molecule has 0 saturated heterocycles. The van der Waals surface area contributed by atoms with Crippen LogP contribution in [0.1, 0.15) is 85.6 Å². The van der Waals surface area contributed by atoms with E-state index in [1.165, 1.54) is 49.0 Å². The summed E-state index contributed by atoms with van der Waals surface area (Å²) in [7, 11) is 0. The maximum Gasteiger partial charge on any atom is 0.359 e. The molecule has 2 aromatic carbocycles. The maximum absolute atomic E-state index is 7.12. The molecule has 4 heteroatoms. The third-order valence-electron chi connectivity index (χ3n) is 9.97. The summed E-state index contributed by atoms with van der Waals surface area (Å²) in [5.41, 5.74) is 1.18. The van der Waals surface area contributed by atoms with Crippen molar-refractivity contribution in [2.45, 2.75) is 104 Å². The maximum atomic E-state index is 7.12. The fourth-order valence-corrected chi connectivity index (χ4v) is 8.66. The van der Waals surface area contributed by atoms with E-state index in [0.717, 1.165) is 65.1 Å². The normalized spacial score (nSPS) is 27.2. The van der Waals surface area contributed by atoms with Gasteiger partial charge >= 0.3 is 6.92 Å². The van der Waals surface area contributed by atoms with Gasteiger partial charge in [-0.25, -0.2) is 0 Å². The van der Waals surface area contributed by atoms with E-state index in [4.69, 9.17) is 9.39 Å². The molecule has 0 aliphatic heterocycles. The second kappa shape index (κ2) is 16.2. The highest BCUT2D eigenvalue weighted by atomic mass is 32.2. The Kier molecular flexibility index (Phi) is 12.7. The molecule has 224 valence electrons. The van der Waals surface area contributed by atoms with Crippen molar-refractivity contribution < 1.29 is 9.39 Å². The summed E-state index contributed by atoms with van der Waals surface area (Å²) < 4.78 is 13.3. The first kappa shape index (κ1) is 32.1. The Labute approximate surface area is 256 Å². The van der Waals surface area contributed by atoms with Gasteiger partial charge in [-0.2, -0.15) is 0 Å². The lowest BCUT2D eigenvalue weighted by Crippen LogP contribution is -2.36. The van der Waals surface area contributed by atoms with Crippen molar-refractivity contribution in [2.24, 2.45) is 47.3 Å². The van der Waals surface area contributed by atoms with Crippen LogP contribution < -0.4 is 0 Å². The van der Waals surface area contributed by atoms with Crippen LogP contribution >= 0.6 is 11.8 Å². The fraction of sp³-hybridized carbons (Fsp3) is 0.622. The van der Waals surface area contributed by atoms with E-state index in [1.54, 1.807) is 11.8 Å². The second-order valence-corrected chi connectivity index (χ2v) is 15.1. The van der Waals surface area contributed by atoms with E-state index in [1.807, 2.05) is 6.26 Å². The first-order valence-electron chi connectivity index (χ1n) is 16.5. The molecule has 2 aromatic rings. The van der Waals surface area contributed by atoms with E-state index in [2.05, 4.69) is 102 Å². The molecule has 2 fully saturated rings. The molecular weight excluding hydrogens is 519 g/mol. The Morgan fingerprint density at radius 2 is 1.29 bits per heavy atom. The highest BCUT2D eigenvalue weighted by molar-refractivity contribution is 8.03. The van der Waals surface area contributed by atoms with Gasteiger partial charge in [-0.15, -0.1) is 0 Å². The molecule has 0 spiro atoms. The van der Waals surface area contributed by atoms with Crippen LogP contribution in [0.4, 0.5) is 0 Å². The van der Waals surface area contributed by atoms with Crippen molar-refractivity contribution in [2.75, 3.05) is 0 Å². The van der Waals surface area contributed by atoms with Gasteiger partial charge in [0.2, 0.25) is 0 Å². The Morgan fingerprint density at radius 1 is 0.780 bits per heavy atom. The van der Waals surface area contributed by atoms with Crippen LogP contribution in [0.5, 0.6) is 0 Å². The smallest absolute Gasteiger partial charge is 0.359 e. The van der Waals surface area contributed by atoms with E-state index in [0.29, 0.717) is 6.61 Å². The average Bonchev–Trinajstić information content (AvgIpc) is 2.94. The molecule has 0 aromatic heterocycles. The Morgan fingerprint density at radius 3 is 1.80 bits per heavy atom. The third-order valence-corrected chi connectivity index (χ3v) is 10.9. The minimum Gasteiger partial charge on any atom is -0.554 e. The SMILES string of the molecule is CC(C)[C@@H]1CC[C@@H](C)C[C@@H]1CB(C[C@H]1C[C@H](C)CC[C@H]1C(C)C)O/C(=C/OCc1ccccc1)Sc1ccccc1. The topological polar surface area (TPSA) is 18.5 Å². The lowest BCUT2D eigenvalue weighted by Gasteiger charge is -2.41. The van der Waals surface area contributed by atoms with Crippen LogP contribution in [-0.2, 0) is 16.0 Å². The van der Waals surface area contributed by atoms with Crippen molar-refractivity contribution in [1.29, 1.82) is 0 Å². The zero-order chi connectivity index (χ0) is 29.2. The fourth-order valence-electron chi connectivity index (χ4n) is 7.83. The highest BCUT2D eigenvalue weighted by Gasteiger charge is 2.39. The zero-order valence-corrected chi connectivity index (χ0v) is 27.5. The van der Waals surface area contributed by atoms with Crippen LogP contribution in [-0.4, -0.2) is 6.92 Å². The molecular formula is C37H55BO2S. The lowest BCUT2D eigenvalue weighted by atomic mass is 9.49. The second-order valence-electron chi connectivity index (χ2n) is 14.0. The Bertz CT molecular complexity index is 1010. The summed E-state index contributed by atoms with van der Waals surface area (Å²) in [5, 5.41) is 0.895. The third kappa shape index (κ3) is 10.2. The molecule has 2 aliphatic carbocycles. The van der Waals surface area contributed by atoms with E-state index >= 15 is 0 Å². The number of thioether (sulfide) groups is 1. The summed E-state index contributed by atoms with van der Waals surface area (Å²) in [5.74, 6) is 6.15. The minimum absolute atomic E-state index is 0.214. The molecule has 41 heavy (non-hydrogen) atoms. The molecule has 0 unspecified atom stereocenters. The van der Waals surface area contributed by atoms with Gasteiger partial charge in [-0.1, -0.05) is 115 Å². The van der Waals surface area contributed by atoms with Crippen molar-refractivity contribution in [1.82, 2.24) is 0 Å². The molecule has 4 rings (SSSR count). The van der Waals surface area contributed by atoms with Gasteiger partial charge in [0.15, 0.2) is 5.09 Å². The first-order valence-corrected chi connectivity index (χ1v) is 17.3. The predicted molar refractivity (Wildman–Crippen MR) is 178 cm³/mol. The van der Waals surface area contributed by atoms with Crippen LogP contribution in [0, 0.1) is 47.3 Å². The molecule has 0 heterocycles. The van der Waals surface area contributed by atoms with Gasteiger partial charge in [0.1, 0.15) is 12.9 Å². The van der Waals surface area contributed by atoms with E-state index in [-0.39, 0.29) is 6.92 Å². The van der Waals surface area contributed by atoms with Gasteiger partial charge < -0.3 is 9.39 Å². The number of hydrogen-bond donors (Lipinski definition) is 0. The summed E-state index contributed by atoms with van der Waals surface area (Å²) >= 11 is 1.71. The van der Waals surface area contributed by atoms with Gasteiger partial charge in [0.25, 0.3) is 0 Å². The first-order chi connectivity index (χ1) is 19.8. The minimum atomic E-state index is 0.214. The summed E-state index contributed by atoms with van der Waals surface area (Å²) in [4.78, 5) is 1.19. The van der Waals surface area contributed by atoms with Crippen LogP contribution in [0.2, 0.25) is 12.6 Å². The molecule has 0 N–H and O–H groups in total. The number of benzene rings is 2.